The first kappa shape index (κ1) is 11.6. The summed E-state index contributed by atoms with van der Waals surface area (Å²) in [6.45, 7) is 0.535. The smallest absolute Gasteiger partial charge is 0.264 e. The van der Waals surface area contributed by atoms with Crippen LogP contribution in [0.1, 0.15) is 11.1 Å². The van der Waals surface area contributed by atoms with Gasteiger partial charge in [0.05, 0.1) is 6.61 Å². The molecular formula is C11H11ClF2O2. The maximum atomic E-state index is 12.2. The van der Waals surface area contributed by atoms with E-state index in [2.05, 4.69) is 0 Å². The highest BCUT2D eigenvalue weighted by Gasteiger charge is 2.23. The van der Waals surface area contributed by atoms with E-state index in [9.17, 15) is 8.78 Å². The number of aliphatic hydroxyl groups excluding tert-OH is 1. The van der Waals surface area contributed by atoms with Crippen LogP contribution in [-0.4, -0.2) is 24.2 Å². The van der Waals surface area contributed by atoms with Crippen molar-refractivity contribution in [1.82, 2.24) is 0 Å². The van der Waals surface area contributed by atoms with Crippen molar-refractivity contribution in [2.24, 2.45) is 0 Å². The highest BCUT2D eigenvalue weighted by molar-refractivity contribution is 6.30. The van der Waals surface area contributed by atoms with Gasteiger partial charge < -0.3 is 9.84 Å². The lowest BCUT2D eigenvalue weighted by molar-refractivity contribution is -0.00390. The number of benzene rings is 1. The Morgan fingerprint density at radius 2 is 2.19 bits per heavy atom. The summed E-state index contributed by atoms with van der Waals surface area (Å²) in [6, 6.07) is 3.33. The molecule has 1 unspecified atom stereocenters. The molecule has 1 aromatic rings. The Balaban J connectivity index is 2.27. The highest BCUT2D eigenvalue weighted by atomic mass is 35.5. The van der Waals surface area contributed by atoms with Gasteiger partial charge in [-0.05, 0) is 23.3 Å². The molecule has 0 fully saturated rings. The van der Waals surface area contributed by atoms with Crippen LogP contribution in [0.25, 0.3) is 0 Å². The Morgan fingerprint density at radius 1 is 1.44 bits per heavy atom. The number of alkyl halides is 2. The molecule has 0 saturated heterocycles. The zero-order chi connectivity index (χ0) is 11.7. The van der Waals surface area contributed by atoms with Crippen LogP contribution < -0.4 is 4.74 Å². The summed E-state index contributed by atoms with van der Waals surface area (Å²) in [5.41, 5.74) is 1.47. The first-order valence-corrected chi connectivity index (χ1v) is 5.36. The summed E-state index contributed by atoms with van der Waals surface area (Å²) in [4.78, 5) is 0. The van der Waals surface area contributed by atoms with Gasteiger partial charge in [0, 0.05) is 17.9 Å². The normalized spacial score (nSPS) is 16.1. The molecular weight excluding hydrogens is 238 g/mol. The second-order valence-electron chi connectivity index (χ2n) is 3.76. The summed E-state index contributed by atoms with van der Waals surface area (Å²) in [5.74, 6) is 0.601. The van der Waals surface area contributed by atoms with Crippen LogP contribution in [0.2, 0.25) is 5.02 Å². The lowest BCUT2D eigenvalue weighted by atomic mass is 10.0. The number of ether oxygens (including phenoxy) is 1. The second-order valence-corrected chi connectivity index (χ2v) is 4.19. The fraction of sp³-hybridized carbons (Fsp3) is 0.455. The Kier molecular flexibility index (Phi) is 3.30. The molecule has 0 bridgehead atoms. The van der Waals surface area contributed by atoms with Gasteiger partial charge in [-0.15, -0.1) is 0 Å². The fourth-order valence-corrected chi connectivity index (χ4v) is 2.08. The van der Waals surface area contributed by atoms with Gasteiger partial charge in [0.25, 0.3) is 6.43 Å². The van der Waals surface area contributed by atoms with Crippen LogP contribution in [0.4, 0.5) is 8.78 Å². The third-order valence-electron chi connectivity index (χ3n) is 2.55. The van der Waals surface area contributed by atoms with E-state index in [1.807, 2.05) is 0 Å². The van der Waals surface area contributed by atoms with Gasteiger partial charge in [-0.2, -0.15) is 0 Å². The van der Waals surface area contributed by atoms with Crippen molar-refractivity contribution in [2.75, 3.05) is 6.61 Å². The molecule has 0 aromatic heterocycles. The van der Waals surface area contributed by atoms with Gasteiger partial charge in [-0.3, -0.25) is 0 Å². The molecule has 1 atom stereocenters. The van der Waals surface area contributed by atoms with E-state index >= 15 is 0 Å². The largest absolute Gasteiger partial charge is 0.493 e. The molecule has 5 heteroatoms. The Bertz CT molecular complexity index is 396. The second kappa shape index (κ2) is 4.55. The van der Waals surface area contributed by atoms with Crippen LogP contribution in [0.5, 0.6) is 5.75 Å². The number of aliphatic hydroxyl groups is 1. The van der Waals surface area contributed by atoms with E-state index < -0.39 is 12.5 Å². The maximum absolute atomic E-state index is 12.2. The van der Waals surface area contributed by atoms with Gasteiger partial charge in [-0.25, -0.2) is 8.78 Å². The molecule has 0 aliphatic carbocycles. The van der Waals surface area contributed by atoms with Crippen molar-refractivity contribution in [3.63, 3.8) is 0 Å². The van der Waals surface area contributed by atoms with Crippen molar-refractivity contribution < 1.29 is 18.6 Å². The van der Waals surface area contributed by atoms with E-state index in [4.69, 9.17) is 21.4 Å². The molecule has 16 heavy (non-hydrogen) atoms. The van der Waals surface area contributed by atoms with Crippen LogP contribution in [-0.2, 0) is 12.8 Å². The Morgan fingerprint density at radius 3 is 2.88 bits per heavy atom. The van der Waals surface area contributed by atoms with Crippen LogP contribution in [0, 0.1) is 0 Å². The predicted octanol–water partition coefficient (Wildman–Crippen LogP) is 2.44. The lowest BCUT2D eigenvalue weighted by Crippen LogP contribution is -2.20. The third kappa shape index (κ3) is 2.28. The first-order valence-electron chi connectivity index (χ1n) is 4.98. The number of hydrogen-bond donors (Lipinski definition) is 1. The van der Waals surface area contributed by atoms with E-state index in [1.165, 1.54) is 0 Å². The minimum Gasteiger partial charge on any atom is -0.493 e. The van der Waals surface area contributed by atoms with E-state index in [0.29, 0.717) is 22.9 Å². The number of hydrogen-bond acceptors (Lipinski definition) is 2. The molecule has 2 nitrogen and oxygen atoms in total. The molecule has 1 heterocycles. The van der Waals surface area contributed by atoms with Gasteiger partial charge >= 0.3 is 0 Å². The van der Waals surface area contributed by atoms with E-state index in [-0.39, 0.29) is 6.42 Å². The minimum absolute atomic E-state index is 0.138. The average molecular weight is 249 g/mol. The van der Waals surface area contributed by atoms with E-state index in [1.54, 1.807) is 12.1 Å². The predicted molar refractivity (Wildman–Crippen MR) is 56.4 cm³/mol. The first-order chi connectivity index (χ1) is 7.58. The van der Waals surface area contributed by atoms with Crippen LogP contribution >= 0.6 is 11.6 Å². The van der Waals surface area contributed by atoms with Gasteiger partial charge in [0.1, 0.15) is 11.9 Å². The summed E-state index contributed by atoms with van der Waals surface area (Å²) in [6.07, 6.45) is -3.84. The Hall–Kier alpha value is -0.870. The quantitative estimate of drug-likeness (QED) is 0.890. The summed E-state index contributed by atoms with van der Waals surface area (Å²) < 4.78 is 29.8. The molecule has 0 saturated carbocycles. The third-order valence-corrected chi connectivity index (χ3v) is 2.76. The SMILES string of the molecule is OC(Cc1cc(Cl)cc2c1OCC2)C(F)F. The van der Waals surface area contributed by atoms with Crippen molar-refractivity contribution in [1.29, 1.82) is 0 Å². The monoisotopic (exact) mass is 248 g/mol. The minimum atomic E-state index is -2.75. The zero-order valence-corrected chi connectivity index (χ0v) is 9.18. The van der Waals surface area contributed by atoms with Crippen molar-refractivity contribution in [3.05, 3.63) is 28.3 Å². The zero-order valence-electron chi connectivity index (χ0n) is 8.42. The van der Waals surface area contributed by atoms with Gasteiger partial charge in [0.2, 0.25) is 0 Å². The van der Waals surface area contributed by atoms with Crippen LogP contribution in [0.15, 0.2) is 12.1 Å². The molecule has 1 aliphatic heterocycles. The molecule has 1 N–H and O–H groups in total. The van der Waals surface area contributed by atoms with Crippen molar-refractivity contribution >= 4 is 11.6 Å². The number of fused-ring (bicyclic) bond motifs is 1. The fourth-order valence-electron chi connectivity index (χ4n) is 1.81. The molecule has 1 aromatic carbocycles. The molecule has 2 rings (SSSR count). The molecule has 1 aliphatic rings. The number of rotatable bonds is 3. The summed E-state index contributed by atoms with van der Waals surface area (Å²) >= 11 is 5.87. The highest BCUT2D eigenvalue weighted by Crippen LogP contribution is 2.33. The number of halogens is 3. The molecule has 0 amide bonds. The summed E-state index contributed by atoms with van der Waals surface area (Å²) in [5, 5.41) is 9.64. The lowest BCUT2D eigenvalue weighted by Gasteiger charge is -2.12. The van der Waals surface area contributed by atoms with Gasteiger partial charge in [-0.1, -0.05) is 11.6 Å². The standard InChI is InChI=1S/C11H11ClF2O2/c12-8-3-6-1-2-16-10(6)7(4-8)5-9(15)11(13)14/h3-4,9,11,15H,1-2,5H2. The summed E-state index contributed by atoms with van der Waals surface area (Å²) in [7, 11) is 0. The molecule has 0 spiro atoms. The van der Waals surface area contributed by atoms with Gasteiger partial charge in [0.15, 0.2) is 0 Å². The molecule has 0 radical (unpaired) electrons. The van der Waals surface area contributed by atoms with Crippen LogP contribution in [0.3, 0.4) is 0 Å². The topological polar surface area (TPSA) is 29.5 Å². The average Bonchev–Trinajstić information content (AvgIpc) is 2.65. The maximum Gasteiger partial charge on any atom is 0.264 e. The van der Waals surface area contributed by atoms with Crippen molar-refractivity contribution in [2.45, 2.75) is 25.4 Å². The Labute approximate surface area is 96.8 Å². The van der Waals surface area contributed by atoms with E-state index in [0.717, 1.165) is 12.0 Å². The van der Waals surface area contributed by atoms with Crippen molar-refractivity contribution in [3.8, 4) is 5.75 Å². The molecule has 88 valence electrons.